The summed E-state index contributed by atoms with van der Waals surface area (Å²) in [4.78, 5) is 42.7. The van der Waals surface area contributed by atoms with Gasteiger partial charge in [-0.25, -0.2) is 4.57 Å². The smallest absolute Gasteiger partial charge is 0.462 e. The van der Waals surface area contributed by atoms with Gasteiger partial charge in [0.25, 0.3) is 0 Å². The van der Waals surface area contributed by atoms with E-state index in [2.05, 4.69) is 73.1 Å². The molecule has 2 N–H and O–H groups in total. The molecule has 0 spiro atoms. The van der Waals surface area contributed by atoms with E-state index in [1.807, 2.05) is 6.08 Å². The highest BCUT2D eigenvalue weighted by Gasteiger charge is 2.22. The van der Waals surface area contributed by atoms with Gasteiger partial charge in [0.05, 0.1) is 6.61 Å². The number of unbranched alkanes of at least 4 members (excludes halogenated alkanes) is 15. The standard InChI is InChI=1S/C41H71O8P/c1-3-5-7-9-11-13-15-17-19-20-22-24-26-28-30-32-34-36-41(43)49-39(38-48-50(44,45)46)37-47-40(42)35-33-31-29-27-25-23-21-18-16-14-12-10-8-6-4-2/h10-13,17,19,22,24,28,30,39H,3-9,14-16,18,20-21,23,25-27,29,31-38H2,1-2H3,(H2,44,45,46)/b12-10+,13-11+,19-17+,24-22+,30-28+/t39-/m1/s1. The zero-order valence-corrected chi connectivity index (χ0v) is 32.4. The van der Waals surface area contributed by atoms with Crippen LogP contribution in [0.25, 0.3) is 0 Å². The molecule has 0 aliphatic rings. The number of hydrogen-bond acceptors (Lipinski definition) is 6. The topological polar surface area (TPSA) is 119 Å². The fourth-order valence-electron chi connectivity index (χ4n) is 5.05. The second kappa shape index (κ2) is 36.5. The van der Waals surface area contributed by atoms with Crippen molar-refractivity contribution in [1.82, 2.24) is 0 Å². The first kappa shape index (κ1) is 47.8. The van der Waals surface area contributed by atoms with Crippen LogP contribution in [-0.4, -0.2) is 41.0 Å². The molecule has 9 heteroatoms. The van der Waals surface area contributed by atoms with Crippen molar-refractivity contribution in [1.29, 1.82) is 0 Å². The second-order valence-corrected chi connectivity index (χ2v) is 14.1. The third kappa shape index (κ3) is 38.6. The molecule has 0 saturated heterocycles. The van der Waals surface area contributed by atoms with Gasteiger partial charge in [-0.15, -0.1) is 0 Å². The molecule has 288 valence electrons. The molecule has 0 fully saturated rings. The van der Waals surface area contributed by atoms with Crippen LogP contribution in [0.2, 0.25) is 0 Å². The number of phosphoric acid groups is 1. The minimum atomic E-state index is -4.77. The monoisotopic (exact) mass is 722 g/mol. The lowest BCUT2D eigenvalue weighted by atomic mass is 10.1. The van der Waals surface area contributed by atoms with E-state index in [4.69, 9.17) is 19.3 Å². The van der Waals surface area contributed by atoms with E-state index in [-0.39, 0.29) is 19.4 Å². The van der Waals surface area contributed by atoms with Gasteiger partial charge in [0.15, 0.2) is 6.10 Å². The molecule has 0 radical (unpaired) electrons. The van der Waals surface area contributed by atoms with E-state index in [1.54, 1.807) is 0 Å². The fraction of sp³-hybridized carbons (Fsp3) is 0.707. The van der Waals surface area contributed by atoms with Gasteiger partial charge in [0, 0.05) is 12.8 Å². The molecule has 0 rings (SSSR count). The lowest BCUT2D eigenvalue weighted by Gasteiger charge is -2.18. The Bertz CT molecular complexity index is 995. The summed E-state index contributed by atoms with van der Waals surface area (Å²) in [5.41, 5.74) is 0. The van der Waals surface area contributed by atoms with Crippen molar-refractivity contribution in [3.63, 3.8) is 0 Å². The third-order valence-corrected chi connectivity index (χ3v) is 8.49. The molecule has 1 atom stereocenters. The maximum absolute atomic E-state index is 12.4. The molecular formula is C41H71O8P. The molecule has 0 amide bonds. The van der Waals surface area contributed by atoms with Crippen LogP contribution in [0.1, 0.15) is 168 Å². The maximum atomic E-state index is 12.4. The van der Waals surface area contributed by atoms with E-state index >= 15 is 0 Å². The minimum Gasteiger partial charge on any atom is -0.462 e. The molecule has 0 aromatic heterocycles. The summed E-state index contributed by atoms with van der Waals surface area (Å²) in [6.07, 6.45) is 45.1. The zero-order valence-electron chi connectivity index (χ0n) is 31.5. The SMILES string of the molecule is CCCC/C=C/CCCCCCCCCCCC(=O)OC[C@H](COP(=O)(O)O)OC(=O)CCC/C=C/C/C=C/C/C=C/C/C=C/CCCCC. The predicted molar refractivity (Wildman–Crippen MR) is 207 cm³/mol. The number of carbonyl (C=O) groups excluding carboxylic acids is 2. The highest BCUT2D eigenvalue weighted by molar-refractivity contribution is 7.46. The molecular weight excluding hydrogens is 651 g/mol. The normalized spacial score (nSPS) is 13.1. The van der Waals surface area contributed by atoms with Gasteiger partial charge in [-0.05, 0) is 70.6 Å². The second-order valence-electron chi connectivity index (χ2n) is 12.9. The predicted octanol–water partition coefficient (Wildman–Crippen LogP) is 11.7. The van der Waals surface area contributed by atoms with Crippen molar-refractivity contribution < 1.29 is 37.9 Å². The largest absolute Gasteiger partial charge is 0.469 e. The van der Waals surface area contributed by atoms with Crippen LogP contribution in [0, 0.1) is 0 Å². The number of esters is 2. The Balaban J connectivity index is 4.06. The van der Waals surface area contributed by atoms with E-state index in [0.717, 1.165) is 38.5 Å². The Kier molecular flexibility index (Phi) is 34.9. The molecule has 8 nitrogen and oxygen atoms in total. The van der Waals surface area contributed by atoms with Crippen LogP contribution in [0.3, 0.4) is 0 Å². The van der Waals surface area contributed by atoms with Crippen LogP contribution in [0.4, 0.5) is 0 Å². The molecule has 0 aliphatic heterocycles. The highest BCUT2D eigenvalue weighted by atomic mass is 31.2. The number of rotatable bonds is 35. The molecule has 0 saturated carbocycles. The molecule has 0 aliphatic carbocycles. The first-order valence-electron chi connectivity index (χ1n) is 19.6. The number of allylic oxidation sites excluding steroid dienone is 10. The quantitative estimate of drug-likeness (QED) is 0.0287. The van der Waals surface area contributed by atoms with Gasteiger partial charge >= 0.3 is 19.8 Å². The van der Waals surface area contributed by atoms with Gasteiger partial charge in [-0.2, -0.15) is 0 Å². The van der Waals surface area contributed by atoms with Crippen molar-refractivity contribution >= 4 is 19.8 Å². The first-order valence-corrected chi connectivity index (χ1v) is 21.1. The number of hydrogen-bond donors (Lipinski definition) is 2. The first-order chi connectivity index (χ1) is 24.3. The van der Waals surface area contributed by atoms with Crippen molar-refractivity contribution in [3.05, 3.63) is 60.8 Å². The Hall–Kier alpha value is -2.25. The molecule has 0 unspecified atom stereocenters. The van der Waals surface area contributed by atoms with E-state index < -0.39 is 32.5 Å². The van der Waals surface area contributed by atoms with Gasteiger partial charge < -0.3 is 19.3 Å². The average Bonchev–Trinajstić information content (AvgIpc) is 3.08. The van der Waals surface area contributed by atoms with Crippen LogP contribution in [0.15, 0.2) is 60.8 Å². The van der Waals surface area contributed by atoms with Crippen molar-refractivity contribution in [3.8, 4) is 0 Å². The Morgan fingerprint density at radius 3 is 1.48 bits per heavy atom. The number of phosphoric ester groups is 1. The van der Waals surface area contributed by atoms with E-state index in [0.29, 0.717) is 19.3 Å². The maximum Gasteiger partial charge on any atom is 0.469 e. The van der Waals surface area contributed by atoms with Crippen LogP contribution >= 0.6 is 7.82 Å². The summed E-state index contributed by atoms with van der Waals surface area (Å²) in [5.74, 6) is -0.956. The van der Waals surface area contributed by atoms with E-state index in [1.165, 1.54) is 83.5 Å². The summed E-state index contributed by atoms with van der Waals surface area (Å²) in [7, 11) is -4.77. The number of ether oxygens (including phenoxy) is 2. The van der Waals surface area contributed by atoms with Crippen LogP contribution < -0.4 is 0 Å². The van der Waals surface area contributed by atoms with Gasteiger partial charge in [0.2, 0.25) is 0 Å². The van der Waals surface area contributed by atoms with Crippen molar-refractivity contribution in [2.75, 3.05) is 13.2 Å². The van der Waals surface area contributed by atoms with Gasteiger partial charge in [0.1, 0.15) is 6.61 Å². The average molecular weight is 723 g/mol. The highest BCUT2D eigenvalue weighted by Crippen LogP contribution is 2.36. The molecule has 0 aromatic carbocycles. The van der Waals surface area contributed by atoms with Crippen LogP contribution in [0.5, 0.6) is 0 Å². The summed E-state index contributed by atoms with van der Waals surface area (Å²) in [5, 5.41) is 0. The minimum absolute atomic E-state index is 0.134. The zero-order chi connectivity index (χ0) is 36.8. The van der Waals surface area contributed by atoms with Gasteiger partial charge in [-0.3, -0.25) is 14.1 Å². The molecule has 50 heavy (non-hydrogen) atoms. The lowest BCUT2D eigenvalue weighted by Crippen LogP contribution is -2.29. The summed E-state index contributed by atoms with van der Waals surface area (Å²) >= 11 is 0. The fourth-order valence-corrected chi connectivity index (χ4v) is 5.41. The van der Waals surface area contributed by atoms with Crippen molar-refractivity contribution in [2.24, 2.45) is 0 Å². The number of carbonyl (C=O) groups is 2. The Morgan fingerprint density at radius 2 is 0.940 bits per heavy atom. The summed E-state index contributed by atoms with van der Waals surface area (Å²) in [6.45, 7) is 3.57. The van der Waals surface area contributed by atoms with Crippen molar-refractivity contribution in [2.45, 2.75) is 174 Å². The van der Waals surface area contributed by atoms with Gasteiger partial charge in [-0.1, -0.05) is 145 Å². The van der Waals surface area contributed by atoms with Crippen LogP contribution in [-0.2, 0) is 28.2 Å². The Morgan fingerprint density at radius 1 is 0.520 bits per heavy atom. The molecule has 0 heterocycles. The molecule has 0 bridgehead atoms. The summed E-state index contributed by atoms with van der Waals surface area (Å²) < 4.78 is 26.3. The van der Waals surface area contributed by atoms with E-state index in [9.17, 15) is 14.2 Å². The summed E-state index contributed by atoms with van der Waals surface area (Å²) in [6, 6.07) is 0. The third-order valence-electron chi connectivity index (χ3n) is 8.01. The molecule has 0 aromatic rings. The Labute approximate surface area is 305 Å². The lowest BCUT2D eigenvalue weighted by molar-refractivity contribution is -0.161.